The molecule has 3 heteroatoms. The quantitative estimate of drug-likeness (QED) is 0.623. The van der Waals surface area contributed by atoms with Gasteiger partial charge in [0, 0.05) is 6.42 Å². The van der Waals surface area contributed by atoms with Crippen LogP contribution in [0.5, 0.6) is 11.5 Å². The van der Waals surface area contributed by atoms with Crippen LogP contribution in [0.3, 0.4) is 0 Å². The van der Waals surface area contributed by atoms with Crippen LogP contribution in [0.1, 0.15) is 31.9 Å². The van der Waals surface area contributed by atoms with E-state index in [2.05, 4.69) is 45.0 Å². The molecule has 1 aliphatic rings. The molecular formula is C17H19O2P. The molecule has 0 amide bonds. The van der Waals surface area contributed by atoms with Crippen molar-refractivity contribution in [2.75, 3.05) is 0 Å². The first-order valence-corrected chi connectivity index (χ1v) is 8.04. The Labute approximate surface area is 121 Å². The van der Waals surface area contributed by atoms with E-state index in [0.717, 1.165) is 17.9 Å². The number of benzene rings is 2. The van der Waals surface area contributed by atoms with E-state index < -0.39 is 8.38 Å². The molecule has 2 nitrogen and oxygen atoms in total. The van der Waals surface area contributed by atoms with Gasteiger partial charge in [-0.15, -0.1) is 0 Å². The van der Waals surface area contributed by atoms with Gasteiger partial charge >= 0.3 is 0 Å². The number of hydrogen-bond acceptors (Lipinski definition) is 2. The Morgan fingerprint density at radius 3 is 1.70 bits per heavy atom. The molecule has 0 aliphatic carbocycles. The van der Waals surface area contributed by atoms with Crippen LogP contribution < -0.4 is 9.05 Å². The van der Waals surface area contributed by atoms with Crippen molar-refractivity contribution in [3.8, 4) is 11.5 Å². The van der Waals surface area contributed by atoms with Gasteiger partial charge in [-0.05, 0) is 44.0 Å². The molecule has 20 heavy (non-hydrogen) atoms. The lowest BCUT2D eigenvalue weighted by Crippen LogP contribution is -2.20. The average Bonchev–Trinajstić information content (AvgIpc) is 2.37. The molecule has 0 aromatic heterocycles. The fourth-order valence-electron chi connectivity index (χ4n) is 2.15. The van der Waals surface area contributed by atoms with Crippen LogP contribution in [0, 0.1) is 0 Å². The van der Waals surface area contributed by atoms with Gasteiger partial charge in [0.05, 0.1) is 5.16 Å². The third-order valence-corrected chi connectivity index (χ3v) is 5.06. The molecule has 2 aromatic rings. The second-order valence-corrected chi connectivity index (χ2v) is 8.22. The van der Waals surface area contributed by atoms with E-state index in [1.165, 1.54) is 11.1 Å². The standard InChI is InChI=1S/C17H19O2P/c1-17(2,3)20-18-15-10-6-4-8-13(15)12-14-9-5-7-11-16(14)19-20/h4-11H,12H2,1-3H3. The second-order valence-electron chi connectivity index (χ2n) is 6.00. The first-order valence-electron chi connectivity index (χ1n) is 6.86. The van der Waals surface area contributed by atoms with Crippen LogP contribution in [0.25, 0.3) is 0 Å². The largest absolute Gasteiger partial charge is 0.438 e. The zero-order chi connectivity index (χ0) is 14.2. The molecule has 0 radical (unpaired) electrons. The minimum Gasteiger partial charge on any atom is -0.438 e. The summed E-state index contributed by atoms with van der Waals surface area (Å²) < 4.78 is 12.4. The van der Waals surface area contributed by atoms with Gasteiger partial charge in [-0.2, -0.15) is 0 Å². The minimum absolute atomic E-state index is 0.0348. The Morgan fingerprint density at radius 1 is 0.800 bits per heavy atom. The zero-order valence-corrected chi connectivity index (χ0v) is 13.0. The summed E-state index contributed by atoms with van der Waals surface area (Å²) >= 11 is 0. The maximum atomic E-state index is 6.20. The predicted octanol–water partition coefficient (Wildman–Crippen LogP) is 5.16. The maximum absolute atomic E-state index is 6.20. The molecular weight excluding hydrogens is 267 g/mol. The van der Waals surface area contributed by atoms with E-state index in [-0.39, 0.29) is 5.16 Å². The molecule has 3 rings (SSSR count). The first-order chi connectivity index (χ1) is 9.54. The maximum Gasteiger partial charge on any atom is 0.296 e. The topological polar surface area (TPSA) is 18.5 Å². The summed E-state index contributed by atoms with van der Waals surface area (Å²) in [4.78, 5) is 0. The average molecular weight is 286 g/mol. The lowest BCUT2D eigenvalue weighted by atomic mass is 10.0. The molecule has 0 bridgehead atoms. The van der Waals surface area contributed by atoms with E-state index in [1.807, 2.05) is 24.3 Å². The summed E-state index contributed by atoms with van der Waals surface area (Å²) in [7, 11) is -1.03. The van der Waals surface area contributed by atoms with E-state index in [0.29, 0.717) is 0 Å². The highest BCUT2D eigenvalue weighted by atomic mass is 31.2. The van der Waals surface area contributed by atoms with Gasteiger partial charge in [0.25, 0.3) is 8.38 Å². The van der Waals surface area contributed by atoms with Crippen LogP contribution >= 0.6 is 8.38 Å². The third kappa shape index (κ3) is 2.66. The monoisotopic (exact) mass is 286 g/mol. The highest BCUT2D eigenvalue weighted by Gasteiger charge is 2.33. The van der Waals surface area contributed by atoms with Gasteiger partial charge in [-0.25, -0.2) is 0 Å². The zero-order valence-electron chi connectivity index (χ0n) is 12.1. The van der Waals surface area contributed by atoms with Gasteiger partial charge < -0.3 is 9.05 Å². The molecule has 2 aromatic carbocycles. The Bertz CT molecular complexity index is 569. The fourth-order valence-corrected chi connectivity index (χ4v) is 3.45. The predicted molar refractivity (Wildman–Crippen MR) is 83.6 cm³/mol. The Hall–Kier alpha value is -1.53. The number of fused-ring (bicyclic) bond motifs is 2. The van der Waals surface area contributed by atoms with Crippen molar-refractivity contribution in [1.82, 2.24) is 0 Å². The van der Waals surface area contributed by atoms with Gasteiger partial charge in [0.15, 0.2) is 0 Å². The van der Waals surface area contributed by atoms with Crippen LogP contribution in [-0.2, 0) is 6.42 Å². The SMILES string of the molecule is CC(C)(C)P1Oc2ccccc2Cc2ccccc2O1. The van der Waals surface area contributed by atoms with Gasteiger partial charge in [-0.1, -0.05) is 36.4 Å². The van der Waals surface area contributed by atoms with Crippen molar-refractivity contribution in [2.24, 2.45) is 0 Å². The molecule has 1 aliphatic heterocycles. The Balaban J connectivity index is 2.10. The normalized spacial score (nSPS) is 15.2. The van der Waals surface area contributed by atoms with Gasteiger partial charge in [-0.3, -0.25) is 0 Å². The number of para-hydroxylation sites is 2. The van der Waals surface area contributed by atoms with E-state index in [4.69, 9.17) is 9.05 Å². The summed E-state index contributed by atoms with van der Waals surface area (Å²) in [5, 5.41) is -0.0348. The van der Waals surface area contributed by atoms with Crippen molar-refractivity contribution in [3.63, 3.8) is 0 Å². The van der Waals surface area contributed by atoms with Gasteiger partial charge in [0.1, 0.15) is 11.5 Å². The third-order valence-electron chi connectivity index (χ3n) is 3.24. The van der Waals surface area contributed by atoms with Crippen LogP contribution in [-0.4, -0.2) is 5.16 Å². The van der Waals surface area contributed by atoms with Crippen molar-refractivity contribution >= 4 is 8.38 Å². The minimum atomic E-state index is -1.03. The molecule has 0 atom stereocenters. The number of rotatable bonds is 0. The van der Waals surface area contributed by atoms with Crippen molar-refractivity contribution in [1.29, 1.82) is 0 Å². The molecule has 104 valence electrons. The highest BCUT2D eigenvalue weighted by molar-refractivity contribution is 7.49. The summed E-state index contributed by atoms with van der Waals surface area (Å²) in [6, 6.07) is 16.5. The van der Waals surface area contributed by atoms with E-state index in [1.54, 1.807) is 0 Å². The van der Waals surface area contributed by atoms with E-state index >= 15 is 0 Å². The Morgan fingerprint density at radius 2 is 1.25 bits per heavy atom. The summed E-state index contributed by atoms with van der Waals surface area (Å²) in [6.45, 7) is 6.47. The Kier molecular flexibility index (Phi) is 3.43. The summed E-state index contributed by atoms with van der Waals surface area (Å²) in [6.07, 6.45) is 0.847. The van der Waals surface area contributed by atoms with Crippen LogP contribution in [0.4, 0.5) is 0 Å². The molecule has 0 spiro atoms. The first kappa shape index (κ1) is 13.5. The fraction of sp³-hybridized carbons (Fsp3) is 0.294. The molecule has 0 fully saturated rings. The van der Waals surface area contributed by atoms with Gasteiger partial charge in [0.2, 0.25) is 0 Å². The second kappa shape index (κ2) is 5.10. The highest BCUT2D eigenvalue weighted by Crippen LogP contribution is 2.53. The summed E-state index contributed by atoms with van der Waals surface area (Å²) in [5.41, 5.74) is 2.44. The molecule has 0 saturated carbocycles. The summed E-state index contributed by atoms with van der Waals surface area (Å²) in [5.74, 6) is 1.89. The number of hydrogen-bond donors (Lipinski definition) is 0. The van der Waals surface area contributed by atoms with Crippen LogP contribution in [0.2, 0.25) is 0 Å². The van der Waals surface area contributed by atoms with E-state index in [9.17, 15) is 0 Å². The van der Waals surface area contributed by atoms with Crippen LogP contribution in [0.15, 0.2) is 48.5 Å². The smallest absolute Gasteiger partial charge is 0.296 e. The molecule has 0 N–H and O–H groups in total. The van der Waals surface area contributed by atoms with Crippen molar-refractivity contribution in [3.05, 3.63) is 59.7 Å². The lowest BCUT2D eigenvalue weighted by Gasteiger charge is -2.32. The van der Waals surface area contributed by atoms with Crippen molar-refractivity contribution in [2.45, 2.75) is 32.3 Å². The van der Waals surface area contributed by atoms with Crippen molar-refractivity contribution < 1.29 is 9.05 Å². The lowest BCUT2D eigenvalue weighted by molar-refractivity contribution is 0.445. The molecule has 0 unspecified atom stereocenters. The molecule has 0 saturated heterocycles. The molecule has 1 heterocycles.